The maximum absolute atomic E-state index is 13.2. The van der Waals surface area contributed by atoms with Crippen molar-refractivity contribution in [3.63, 3.8) is 0 Å². The normalized spacial score (nSPS) is 11.6. The zero-order chi connectivity index (χ0) is 26.4. The number of alkyl halides is 3. The molecular formula is C28H28F3N5O. The minimum absolute atomic E-state index is 0.493. The molecule has 0 aliphatic carbocycles. The first-order valence-corrected chi connectivity index (χ1v) is 11.9. The van der Waals surface area contributed by atoms with Gasteiger partial charge < -0.3 is 10.2 Å². The van der Waals surface area contributed by atoms with E-state index >= 15 is 0 Å². The first kappa shape index (κ1) is 26.1. The van der Waals surface area contributed by atoms with E-state index in [1.165, 1.54) is 6.07 Å². The molecule has 0 fully saturated rings. The van der Waals surface area contributed by atoms with Crippen LogP contribution in [0.3, 0.4) is 0 Å². The van der Waals surface area contributed by atoms with Gasteiger partial charge in [-0.15, -0.1) is 0 Å². The summed E-state index contributed by atoms with van der Waals surface area (Å²) >= 11 is 0. The Hall–Kier alpha value is -3.98. The zero-order valence-electron chi connectivity index (χ0n) is 20.7. The lowest BCUT2D eigenvalue weighted by Gasteiger charge is -2.16. The maximum atomic E-state index is 13.2. The van der Waals surface area contributed by atoms with Gasteiger partial charge in [0.15, 0.2) is 0 Å². The number of carbonyl (C=O) groups is 1. The van der Waals surface area contributed by atoms with Gasteiger partial charge in [0.1, 0.15) is 0 Å². The summed E-state index contributed by atoms with van der Waals surface area (Å²) in [5, 5.41) is 7.19. The third-order valence-corrected chi connectivity index (χ3v) is 6.19. The predicted molar refractivity (Wildman–Crippen MR) is 137 cm³/mol. The Morgan fingerprint density at radius 3 is 2.57 bits per heavy atom. The highest BCUT2D eigenvalue weighted by Crippen LogP contribution is 2.33. The van der Waals surface area contributed by atoms with E-state index in [1.54, 1.807) is 23.1 Å². The molecule has 6 nitrogen and oxygen atoms in total. The van der Waals surface area contributed by atoms with Gasteiger partial charge in [0.25, 0.3) is 0 Å². The lowest BCUT2D eigenvalue weighted by molar-refractivity contribution is -0.137. The number of carbonyl (C=O) groups excluding carboxylic acids is 1. The fourth-order valence-corrected chi connectivity index (χ4v) is 4.04. The average Bonchev–Trinajstić information content (AvgIpc) is 3.38. The van der Waals surface area contributed by atoms with Crippen LogP contribution in [0.25, 0.3) is 27.9 Å². The van der Waals surface area contributed by atoms with Crippen molar-refractivity contribution in [3.05, 3.63) is 90.0 Å². The average molecular weight is 508 g/mol. The number of nitrogens with one attached hydrogen (secondary N) is 1. The molecule has 4 rings (SSSR count). The number of amides is 1. The Balaban J connectivity index is 1.53. The zero-order valence-corrected chi connectivity index (χ0v) is 20.7. The summed E-state index contributed by atoms with van der Waals surface area (Å²) in [4.78, 5) is 16.9. The summed E-state index contributed by atoms with van der Waals surface area (Å²) in [5.41, 5.74) is 5.14. The van der Waals surface area contributed by atoms with E-state index in [-0.39, 0.29) is 0 Å². The Bertz CT molecular complexity index is 1370. The number of hydrogen-bond acceptors (Lipinski definition) is 4. The molecule has 2 heterocycles. The second kappa shape index (κ2) is 11.4. The Kier molecular flexibility index (Phi) is 8.03. The molecule has 0 saturated carbocycles. The standard InChI is InChI=1S/C28H28F3N5O/c1-20-6-7-23(22-4-3-5-26(13-22)28(29,30)31)14-27(20)36-18-25(17-34-36)24-12-21(15-33-16-24)8-10-35(2)11-9-32-19-37/h3-7,12-19H,8-11H2,1-2H3,(H,32,37). The number of rotatable bonds is 10. The van der Waals surface area contributed by atoms with Crippen molar-refractivity contribution in [2.75, 3.05) is 26.7 Å². The molecule has 0 aliphatic rings. The van der Waals surface area contributed by atoms with Crippen LogP contribution in [0.1, 0.15) is 16.7 Å². The number of halogens is 3. The molecule has 0 unspecified atom stereocenters. The number of nitrogens with zero attached hydrogens (tertiary/aromatic N) is 4. The van der Waals surface area contributed by atoms with Crippen LogP contribution in [-0.2, 0) is 17.4 Å². The van der Waals surface area contributed by atoms with Crippen molar-refractivity contribution < 1.29 is 18.0 Å². The van der Waals surface area contributed by atoms with Gasteiger partial charge in [-0.25, -0.2) is 4.68 Å². The van der Waals surface area contributed by atoms with Crippen molar-refractivity contribution in [1.82, 2.24) is 25.0 Å². The van der Waals surface area contributed by atoms with Crippen LogP contribution in [0.2, 0.25) is 0 Å². The third kappa shape index (κ3) is 6.62. The number of likely N-dealkylation sites (N-methyl/N-ethyl adjacent to an activating group) is 1. The summed E-state index contributed by atoms with van der Waals surface area (Å²) in [6, 6.07) is 13.0. The molecule has 37 heavy (non-hydrogen) atoms. The van der Waals surface area contributed by atoms with Gasteiger partial charge >= 0.3 is 6.18 Å². The van der Waals surface area contributed by atoms with Crippen molar-refractivity contribution in [1.29, 1.82) is 0 Å². The van der Waals surface area contributed by atoms with Gasteiger partial charge in [-0.1, -0.05) is 24.3 Å². The van der Waals surface area contributed by atoms with Crippen molar-refractivity contribution in [2.45, 2.75) is 19.5 Å². The second-order valence-corrected chi connectivity index (χ2v) is 8.96. The van der Waals surface area contributed by atoms with Crippen molar-refractivity contribution >= 4 is 6.41 Å². The van der Waals surface area contributed by atoms with Crippen molar-refractivity contribution in [3.8, 4) is 27.9 Å². The van der Waals surface area contributed by atoms with Crippen molar-refractivity contribution in [2.24, 2.45) is 0 Å². The topological polar surface area (TPSA) is 63.1 Å². The molecule has 0 bridgehead atoms. The molecule has 9 heteroatoms. The maximum Gasteiger partial charge on any atom is 0.416 e. The molecule has 0 spiro atoms. The van der Waals surface area contributed by atoms with Gasteiger partial charge in [-0.3, -0.25) is 9.78 Å². The molecule has 2 aromatic carbocycles. The van der Waals surface area contributed by atoms with Gasteiger partial charge in [-0.05, 0) is 66.9 Å². The molecule has 192 valence electrons. The molecule has 4 aromatic rings. The molecule has 0 aliphatic heterocycles. The van der Waals surface area contributed by atoms with Gasteiger partial charge in [-0.2, -0.15) is 18.3 Å². The highest BCUT2D eigenvalue weighted by atomic mass is 19.4. The van der Waals surface area contributed by atoms with Crippen LogP contribution in [-0.4, -0.2) is 52.8 Å². The molecule has 0 saturated heterocycles. The monoisotopic (exact) mass is 507 g/mol. The Morgan fingerprint density at radius 2 is 1.78 bits per heavy atom. The number of benzene rings is 2. The van der Waals surface area contributed by atoms with E-state index in [1.807, 2.05) is 44.6 Å². The predicted octanol–water partition coefficient (Wildman–Crippen LogP) is 5.15. The van der Waals surface area contributed by atoms with Crippen LogP contribution in [0.5, 0.6) is 0 Å². The number of aryl methyl sites for hydroxylation is 1. The number of pyridine rings is 1. The molecule has 0 radical (unpaired) electrons. The number of hydrogen-bond donors (Lipinski definition) is 1. The van der Waals surface area contributed by atoms with Gasteiger partial charge in [0, 0.05) is 49.4 Å². The van der Waals surface area contributed by atoms with Crippen LogP contribution in [0.15, 0.2) is 73.3 Å². The summed E-state index contributed by atoms with van der Waals surface area (Å²) in [6.07, 6.45) is 4.40. The molecular weight excluding hydrogens is 479 g/mol. The third-order valence-electron chi connectivity index (χ3n) is 6.19. The fourth-order valence-electron chi connectivity index (χ4n) is 4.04. The minimum atomic E-state index is -4.40. The van der Waals surface area contributed by atoms with E-state index in [2.05, 4.69) is 26.4 Å². The van der Waals surface area contributed by atoms with Crippen LogP contribution >= 0.6 is 0 Å². The number of aromatic nitrogens is 3. The molecule has 2 aromatic heterocycles. The summed E-state index contributed by atoms with van der Waals surface area (Å²) in [6.45, 7) is 4.13. The van der Waals surface area contributed by atoms with Crippen LogP contribution in [0.4, 0.5) is 13.2 Å². The second-order valence-electron chi connectivity index (χ2n) is 8.96. The van der Waals surface area contributed by atoms with Crippen LogP contribution in [0, 0.1) is 6.92 Å². The Labute approximate surface area is 213 Å². The highest BCUT2D eigenvalue weighted by molar-refractivity contribution is 5.69. The SMILES string of the molecule is Cc1ccc(-c2cccc(C(F)(F)F)c2)cc1-n1cc(-c2cncc(CCN(C)CCNC=O)c2)cn1. The van der Waals surface area contributed by atoms with E-state index in [9.17, 15) is 18.0 Å². The quantitative estimate of drug-likeness (QED) is 0.238. The molecule has 1 N–H and O–H groups in total. The minimum Gasteiger partial charge on any atom is -0.357 e. The van der Waals surface area contributed by atoms with Gasteiger partial charge in [0.2, 0.25) is 6.41 Å². The van der Waals surface area contributed by atoms with E-state index in [4.69, 9.17) is 0 Å². The lowest BCUT2D eigenvalue weighted by Crippen LogP contribution is -2.30. The van der Waals surface area contributed by atoms with Crippen LogP contribution < -0.4 is 5.32 Å². The summed E-state index contributed by atoms with van der Waals surface area (Å²) in [7, 11) is 2.00. The largest absolute Gasteiger partial charge is 0.416 e. The lowest BCUT2D eigenvalue weighted by atomic mass is 10.0. The summed E-state index contributed by atoms with van der Waals surface area (Å²) in [5.74, 6) is 0. The fraction of sp³-hybridized carbons (Fsp3) is 0.250. The molecule has 1 amide bonds. The first-order chi connectivity index (χ1) is 17.7. The molecule has 0 atom stereocenters. The Morgan fingerprint density at radius 1 is 0.973 bits per heavy atom. The smallest absolute Gasteiger partial charge is 0.357 e. The first-order valence-electron chi connectivity index (χ1n) is 11.9. The van der Waals surface area contributed by atoms with E-state index in [0.29, 0.717) is 24.1 Å². The van der Waals surface area contributed by atoms with Gasteiger partial charge in [0.05, 0.1) is 17.4 Å². The summed E-state index contributed by atoms with van der Waals surface area (Å²) < 4.78 is 41.3. The van der Waals surface area contributed by atoms with E-state index in [0.717, 1.165) is 59.6 Å². The highest BCUT2D eigenvalue weighted by Gasteiger charge is 2.30. The van der Waals surface area contributed by atoms with E-state index < -0.39 is 11.7 Å².